The van der Waals surface area contributed by atoms with Crippen LogP contribution in [-0.4, -0.2) is 30.6 Å². The number of aryl methyl sites for hydroxylation is 1. The van der Waals surface area contributed by atoms with E-state index in [1.165, 1.54) is 11.3 Å². The first-order chi connectivity index (χ1) is 14.3. The highest BCUT2D eigenvalue weighted by atomic mass is 32.1. The molecule has 0 unspecified atom stereocenters. The van der Waals surface area contributed by atoms with E-state index in [-0.39, 0.29) is 17.7 Å². The molecule has 4 aromatic heterocycles. The number of hydrogen-bond acceptors (Lipinski definition) is 7. The maximum absolute atomic E-state index is 12.7. The van der Waals surface area contributed by atoms with Crippen LogP contribution in [0.3, 0.4) is 0 Å². The van der Waals surface area contributed by atoms with E-state index in [1.54, 1.807) is 23.1 Å². The van der Waals surface area contributed by atoms with Crippen molar-refractivity contribution in [3.8, 4) is 16.7 Å². The van der Waals surface area contributed by atoms with Gasteiger partial charge in [-0.15, -0.1) is 11.3 Å². The summed E-state index contributed by atoms with van der Waals surface area (Å²) >= 11 is 1.45. The zero-order chi connectivity index (χ0) is 21.3. The molecule has 4 aromatic rings. The predicted molar refractivity (Wildman–Crippen MR) is 115 cm³/mol. The van der Waals surface area contributed by atoms with Crippen molar-refractivity contribution in [2.75, 3.05) is 5.32 Å². The predicted octanol–water partition coefficient (Wildman–Crippen LogP) is 4.17. The molecule has 0 aliphatic rings. The molecule has 0 aliphatic carbocycles. The van der Waals surface area contributed by atoms with Gasteiger partial charge in [-0.1, -0.05) is 20.8 Å². The van der Waals surface area contributed by atoms with Crippen molar-refractivity contribution in [3.05, 3.63) is 59.2 Å². The molecule has 0 aliphatic heterocycles. The van der Waals surface area contributed by atoms with Gasteiger partial charge in [0, 0.05) is 29.3 Å². The Morgan fingerprint density at radius 1 is 1.23 bits per heavy atom. The summed E-state index contributed by atoms with van der Waals surface area (Å²) in [5.41, 5.74) is 1.32. The van der Waals surface area contributed by atoms with Crippen molar-refractivity contribution >= 4 is 23.1 Å². The molecule has 1 amide bonds. The first kappa shape index (κ1) is 20.0. The molecule has 154 valence electrons. The Morgan fingerprint density at radius 2 is 2.00 bits per heavy atom. The molecular weight excluding hydrogens is 400 g/mol. The summed E-state index contributed by atoms with van der Waals surface area (Å²) in [4.78, 5) is 25.7. The van der Waals surface area contributed by atoms with Crippen LogP contribution in [-0.2, 0) is 16.6 Å². The van der Waals surface area contributed by atoms with Crippen LogP contribution in [0.5, 0.6) is 0 Å². The lowest BCUT2D eigenvalue weighted by Gasteiger charge is -2.13. The molecule has 1 N–H and O–H groups in total. The van der Waals surface area contributed by atoms with Crippen LogP contribution in [0.4, 0.5) is 5.82 Å². The second kappa shape index (κ2) is 7.83. The molecule has 8 nitrogen and oxygen atoms in total. The van der Waals surface area contributed by atoms with Crippen LogP contribution in [0.2, 0.25) is 0 Å². The summed E-state index contributed by atoms with van der Waals surface area (Å²) in [7, 11) is 0. The van der Waals surface area contributed by atoms with E-state index in [1.807, 2.05) is 30.5 Å². The molecule has 0 saturated heterocycles. The summed E-state index contributed by atoms with van der Waals surface area (Å²) in [6.45, 7) is 8.07. The molecule has 30 heavy (non-hydrogen) atoms. The number of amides is 1. The van der Waals surface area contributed by atoms with Crippen LogP contribution in [0.1, 0.15) is 37.9 Å². The summed E-state index contributed by atoms with van der Waals surface area (Å²) in [5, 5.41) is 10.2. The number of anilines is 1. The van der Waals surface area contributed by atoms with Gasteiger partial charge in [-0.3, -0.25) is 4.79 Å². The molecule has 0 aromatic carbocycles. The first-order valence-electron chi connectivity index (χ1n) is 9.48. The van der Waals surface area contributed by atoms with Gasteiger partial charge in [0.25, 0.3) is 5.95 Å². The van der Waals surface area contributed by atoms with E-state index in [9.17, 15) is 4.79 Å². The van der Waals surface area contributed by atoms with Gasteiger partial charge in [0.05, 0.1) is 17.8 Å². The maximum Gasteiger partial charge on any atom is 0.252 e. The second-order valence-corrected chi connectivity index (χ2v) is 8.76. The maximum atomic E-state index is 12.7. The Kier molecular flexibility index (Phi) is 5.21. The number of rotatable bonds is 5. The Balaban J connectivity index is 1.54. The minimum Gasteiger partial charge on any atom is -0.459 e. The van der Waals surface area contributed by atoms with Crippen molar-refractivity contribution < 1.29 is 9.21 Å². The quantitative estimate of drug-likeness (QED) is 0.518. The molecule has 0 atom stereocenters. The van der Waals surface area contributed by atoms with Crippen molar-refractivity contribution in [2.24, 2.45) is 0 Å². The molecule has 4 rings (SSSR count). The summed E-state index contributed by atoms with van der Waals surface area (Å²) in [6, 6.07) is 7.36. The SMILES string of the molecule is Cc1ccc(-c2nc(CC(=O)Nc3cc(C(C)(C)C)nn3-c3ncccn3)cs2)o1. The molecule has 0 radical (unpaired) electrons. The molecule has 0 fully saturated rings. The van der Waals surface area contributed by atoms with Gasteiger partial charge in [-0.25, -0.2) is 15.0 Å². The van der Waals surface area contributed by atoms with Gasteiger partial charge in [0.1, 0.15) is 11.6 Å². The van der Waals surface area contributed by atoms with E-state index in [4.69, 9.17) is 4.42 Å². The third-order valence-corrected chi connectivity index (χ3v) is 5.24. The molecule has 0 bridgehead atoms. The van der Waals surface area contributed by atoms with E-state index < -0.39 is 0 Å². The molecular formula is C21H22N6O2S. The molecule has 4 heterocycles. The average Bonchev–Trinajstić information content (AvgIpc) is 3.42. The molecule has 9 heteroatoms. The number of thiazole rings is 1. The van der Waals surface area contributed by atoms with Gasteiger partial charge in [-0.05, 0) is 25.1 Å². The number of hydrogen-bond donors (Lipinski definition) is 1. The minimum atomic E-state index is -0.194. The van der Waals surface area contributed by atoms with E-state index in [2.05, 4.69) is 46.1 Å². The highest BCUT2D eigenvalue weighted by Gasteiger charge is 2.22. The van der Waals surface area contributed by atoms with E-state index >= 15 is 0 Å². The number of nitrogens with one attached hydrogen (secondary N) is 1. The normalized spacial score (nSPS) is 11.6. The fraction of sp³-hybridized carbons (Fsp3) is 0.286. The van der Waals surface area contributed by atoms with Crippen LogP contribution >= 0.6 is 11.3 Å². The van der Waals surface area contributed by atoms with Crippen LogP contribution in [0, 0.1) is 6.92 Å². The van der Waals surface area contributed by atoms with Gasteiger partial charge in [-0.2, -0.15) is 9.78 Å². The Hall–Kier alpha value is -3.33. The fourth-order valence-corrected chi connectivity index (χ4v) is 3.57. The van der Waals surface area contributed by atoms with Gasteiger partial charge in [0.15, 0.2) is 10.8 Å². The van der Waals surface area contributed by atoms with Crippen molar-refractivity contribution in [1.82, 2.24) is 24.7 Å². The fourth-order valence-electron chi connectivity index (χ4n) is 2.79. The smallest absolute Gasteiger partial charge is 0.252 e. The number of carbonyl (C=O) groups is 1. The van der Waals surface area contributed by atoms with Gasteiger partial charge >= 0.3 is 0 Å². The van der Waals surface area contributed by atoms with Crippen molar-refractivity contribution in [1.29, 1.82) is 0 Å². The van der Waals surface area contributed by atoms with E-state index in [0.717, 1.165) is 16.5 Å². The van der Waals surface area contributed by atoms with Gasteiger partial charge < -0.3 is 9.73 Å². The number of furan rings is 1. The van der Waals surface area contributed by atoms with Gasteiger partial charge in [0.2, 0.25) is 5.91 Å². The zero-order valence-electron chi connectivity index (χ0n) is 17.2. The standard InChI is InChI=1S/C21H22N6O2S/c1-13-6-7-15(29-13)19-24-14(12-30-19)10-18(28)25-17-11-16(21(2,3)4)26-27(17)20-22-8-5-9-23-20/h5-9,11-12H,10H2,1-4H3,(H,25,28). The highest BCUT2D eigenvalue weighted by Crippen LogP contribution is 2.27. The van der Waals surface area contributed by atoms with Crippen molar-refractivity contribution in [3.63, 3.8) is 0 Å². The number of nitrogens with zero attached hydrogens (tertiary/aromatic N) is 5. The average molecular weight is 423 g/mol. The summed E-state index contributed by atoms with van der Waals surface area (Å²) < 4.78 is 7.16. The highest BCUT2D eigenvalue weighted by molar-refractivity contribution is 7.13. The van der Waals surface area contributed by atoms with Crippen molar-refractivity contribution in [2.45, 2.75) is 39.5 Å². The number of aromatic nitrogens is 5. The number of carbonyl (C=O) groups excluding carboxylic acids is 1. The zero-order valence-corrected chi connectivity index (χ0v) is 18.0. The summed E-state index contributed by atoms with van der Waals surface area (Å²) in [5.74, 6) is 2.25. The second-order valence-electron chi connectivity index (χ2n) is 7.90. The van der Waals surface area contributed by atoms with E-state index in [0.29, 0.717) is 23.2 Å². The monoisotopic (exact) mass is 422 g/mol. The first-order valence-corrected chi connectivity index (χ1v) is 10.4. The topological polar surface area (TPSA) is 98.7 Å². The van der Waals surface area contributed by atoms with Crippen LogP contribution < -0.4 is 5.32 Å². The van der Waals surface area contributed by atoms with Crippen LogP contribution in [0.25, 0.3) is 16.7 Å². The Labute approximate surface area is 178 Å². The lowest BCUT2D eigenvalue weighted by molar-refractivity contribution is -0.115. The minimum absolute atomic E-state index is 0.141. The molecule has 0 spiro atoms. The Bertz CT molecular complexity index is 1170. The van der Waals surface area contributed by atoms with Crippen LogP contribution in [0.15, 0.2) is 46.5 Å². The largest absolute Gasteiger partial charge is 0.459 e. The molecule has 0 saturated carbocycles. The summed E-state index contributed by atoms with van der Waals surface area (Å²) in [6.07, 6.45) is 3.42. The lowest BCUT2D eigenvalue weighted by atomic mass is 9.92. The third-order valence-electron chi connectivity index (χ3n) is 4.33. The third kappa shape index (κ3) is 4.30. The lowest BCUT2D eigenvalue weighted by Crippen LogP contribution is -2.18. The Morgan fingerprint density at radius 3 is 2.67 bits per heavy atom.